The van der Waals surface area contributed by atoms with E-state index in [2.05, 4.69) is 5.32 Å². The number of hydrogen-bond donors (Lipinski definition) is 2. The number of ether oxygens (including phenoxy) is 1. The minimum absolute atomic E-state index is 0.212. The van der Waals surface area contributed by atoms with E-state index in [0.717, 1.165) is 0 Å². The number of rotatable bonds is 1. The summed E-state index contributed by atoms with van der Waals surface area (Å²) in [6.07, 6.45) is 0.316. The van der Waals surface area contributed by atoms with Gasteiger partial charge in [-0.2, -0.15) is 0 Å². The van der Waals surface area contributed by atoms with Crippen LogP contribution in [0.15, 0.2) is 0 Å². The average molecular weight is 185 g/mol. The van der Waals surface area contributed by atoms with Gasteiger partial charge >= 0.3 is 12.1 Å². The number of carbonyl (C=O) groups excluding carboxylic acids is 1. The van der Waals surface area contributed by atoms with E-state index >= 15 is 0 Å². The van der Waals surface area contributed by atoms with Crippen LogP contribution in [0.2, 0.25) is 0 Å². The predicted molar refractivity (Wildman–Crippen MR) is 42.2 cm³/mol. The zero-order valence-corrected chi connectivity index (χ0v) is 7.24. The third kappa shape index (κ3) is 1.07. The molecule has 1 aliphatic carbocycles. The van der Waals surface area contributed by atoms with Crippen molar-refractivity contribution in [2.24, 2.45) is 5.92 Å². The summed E-state index contributed by atoms with van der Waals surface area (Å²) in [5.41, 5.74) is -0.403. The molecule has 5 nitrogen and oxygen atoms in total. The van der Waals surface area contributed by atoms with Gasteiger partial charge in [0.05, 0.1) is 11.5 Å². The van der Waals surface area contributed by atoms with E-state index < -0.39 is 17.6 Å². The molecule has 0 aromatic carbocycles. The Morgan fingerprint density at radius 1 is 1.69 bits per heavy atom. The first kappa shape index (κ1) is 8.34. The van der Waals surface area contributed by atoms with Gasteiger partial charge in [-0.3, -0.25) is 4.79 Å². The van der Waals surface area contributed by atoms with E-state index in [0.29, 0.717) is 12.8 Å². The van der Waals surface area contributed by atoms with E-state index in [1.807, 2.05) is 0 Å². The third-order valence-electron chi connectivity index (χ3n) is 2.98. The van der Waals surface area contributed by atoms with Crippen LogP contribution < -0.4 is 5.32 Å². The highest BCUT2D eigenvalue weighted by Crippen LogP contribution is 2.43. The monoisotopic (exact) mass is 185 g/mol. The van der Waals surface area contributed by atoms with E-state index in [-0.39, 0.29) is 12.0 Å². The van der Waals surface area contributed by atoms with Gasteiger partial charge in [-0.25, -0.2) is 4.79 Å². The molecule has 1 aliphatic heterocycles. The molecule has 1 saturated heterocycles. The van der Waals surface area contributed by atoms with Crippen molar-refractivity contribution in [1.82, 2.24) is 5.32 Å². The van der Waals surface area contributed by atoms with Gasteiger partial charge in [-0.05, 0) is 19.8 Å². The lowest BCUT2D eigenvalue weighted by atomic mass is 9.66. The molecule has 13 heavy (non-hydrogen) atoms. The molecule has 1 unspecified atom stereocenters. The van der Waals surface area contributed by atoms with E-state index in [9.17, 15) is 9.59 Å². The van der Waals surface area contributed by atoms with Crippen LogP contribution in [0.25, 0.3) is 0 Å². The van der Waals surface area contributed by atoms with Gasteiger partial charge in [0.1, 0.15) is 6.10 Å². The van der Waals surface area contributed by atoms with Crippen LogP contribution in [0.1, 0.15) is 19.8 Å². The summed E-state index contributed by atoms with van der Waals surface area (Å²) in [7, 11) is 0. The summed E-state index contributed by atoms with van der Waals surface area (Å²) in [5.74, 6) is -1.12. The highest BCUT2D eigenvalue weighted by Gasteiger charge is 2.57. The topological polar surface area (TPSA) is 75.6 Å². The minimum atomic E-state index is -0.793. The number of cyclic esters (lactones) is 1. The Hall–Kier alpha value is -1.26. The number of carboxylic acid groups (broad SMARTS) is 1. The van der Waals surface area contributed by atoms with Gasteiger partial charge in [0, 0.05) is 0 Å². The maximum absolute atomic E-state index is 10.9. The number of carbonyl (C=O) groups is 2. The summed E-state index contributed by atoms with van der Waals surface area (Å²) in [5, 5.41) is 11.4. The molecule has 1 amide bonds. The molecule has 1 spiro atoms. The maximum Gasteiger partial charge on any atom is 0.408 e. The molecular formula is C8H11NO4. The van der Waals surface area contributed by atoms with Crippen LogP contribution in [-0.2, 0) is 9.53 Å². The Bertz CT molecular complexity index is 269. The highest BCUT2D eigenvalue weighted by atomic mass is 16.6. The molecule has 2 aliphatic rings. The molecule has 0 aromatic rings. The SMILES string of the molecule is CC1OC(=O)NC12CC(C(=O)O)C2. The Morgan fingerprint density at radius 2 is 2.31 bits per heavy atom. The van der Waals surface area contributed by atoms with E-state index in [4.69, 9.17) is 9.84 Å². The maximum atomic E-state index is 10.9. The van der Waals surface area contributed by atoms with Gasteiger partial charge in [-0.15, -0.1) is 0 Å². The summed E-state index contributed by atoms with van der Waals surface area (Å²) < 4.78 is 4.90. The standard InChI is InChI=1S/C8H11NO4/c1-4-8(9-7(12)13-4)2-5(3-8)6(10)11/h4-5H,2-3H2,1H3,(H,9,12)(H,10,11). The minimum Gasteiger partial charge on any atom is -0.481 e. The number of amides is 1. The second-order valence-electron chi connectivity index (χ2n) is 3.77. The van der Waals surface area contributed by atoms with Crippen LogP contribution in [-0.4, -0.2) is 28.8 Å². The number of nitrogens with one attached hydrogen (secondary N) is 1. The summed E-state index contributed by atoms with van der Waals surface area (Å²) >= 11 is 0. The first-order valence-corrected chi connectivity index (χ1v) is 4.25. The zero-order chi connectivity index (χ0) is 9.64. The van der Waals surface area contributed by atoms with Crippen molar-refractivity contribution in [3.8, 4) is 0 Å². The van der Waals surface area contributed by atoms with Crippen molar-refractivity contribution in [3.05, 3.63) is 0 Å². The summed E-state index contributed by atoms with van der Waals surface area (Å²) in [6.45, 7) is 1.79. The second kappa shape index (κ2) is 2.37. The fourth-order valence-corrected chi connectivity index (χ4v) is 2.04. The first-order valence-electron chi connectivity index (χ1n) is 4.25. The van der Waals surface area contributed by atoms with Crippen LogP contribution >= 0.6 is 0 Å². The van der Waals surface area contributed by atoms with Gasteiger partial charge in [0.15, 0.2) is 0 Å². The van der Waals surface area contributed by atoms with Crippen molar-refractivity contribution < 1.29 is 19.4 Å². The van der Waals surface area contributed by atoms with Crippen LogP contribution in [0, 0.1) is 5.92 Å². The number of alkyl carbamates (subject to hydrolysis) is 1. The van der Waals surface area contributed by atoms with E-state index in [1.54, 1.807) is 6.92 Å². The Labute approximate surface area is 75.1 Å². The molecule has 0 aromatic heterocycles. The number of aliphatic carboxylic acids is 1. The van der Waals surface area contributed by atoms with Gasteiger partial charge in [0.25, 0.3) is 0 Å². The van der Waals surface area contributed by atoms with E-state index in [1.165, 1.54) is 0 Å². The second-order valence-corrected chi connectivity index (χ2v) is 3.77. The largest absolute Gasteiger partial charge is 0.481 e. The Balaban J connectivity index is 2.03. The zero-order valence-electron chi connectivity index (χ0n) is 7.24. The molecular weight excluding hydrogens is 174 g/mol. The first-order chi connectivity index (χ1) is 6.03. The summed E-state index contributed by atoms with van der Waals surface area (Å²) in [6, 6.07) is 0. The number of carboxylic acids is 1. The molecule has 5 heteroatoms. The Kier molecular flexibility index (Phi) is 1.52. The van der Waals surface area contributed by atoms with Crippen molar-refractivity contribution in [2.75, 3.05) is 0 Å². The van der Waals surface area contributed by atoms with Gasteiger partial charge in [0.2, 0.25) is 0 Å². The molecule has 1 heterocycles. The normalized spacial score (nSPS) is 42.4. The molecule has 2 fully saturated rings. The fourth-order valence-electron chi connectivity index (χ4n) is 2.04. The smallest absolute Gasteiger partial charge is 0.408 e. The van der Waals surface area contributed by atoms with Crippen LogP contribution in [0.4, 0.5) is 4.79 Å². The predicted octanol–water partition coefficient (Wildman–Crippen LogP) is 0.348. The lowest BCUT2D eigenvalue weighted by Gasteiger charge is -2.43. The van der Waals surface area contributed by atoms with Crippen molar-refractivity contribution in [2.45, 2.75) is 31.4 Å². The van der Waals surface area contributed by atoms with Crippen molar-refractivity contribution in [1.29, 1.82) is 0 Å². The average Bonchev–Trinajstić information content (AvgIpc) is 2.21. The van der Waals surface area contributed by atoms with Gasteiger partial charge < -0.3 is 15.2 Å². The van der Waals surface area contributed by atoms with Crippen molar-refractivity contribution in [3.63, 3.8) is 0 Å². The molecule has 0 radical (unpaired) electrons. The molecule has 72 valence electrons. The lowest BCUT2D eigenvalue weighted by molar-refractivity contribution is -0.148. The molecule has 1 saturated carbocycles. The van der Waals surface area contributed by atoms with Crippen molar-refractivity contribution >= 4 is 12.1 Å². The van der Waals surface area contributed by atoms with Crippen LogP contribution in [0.3, 0.4) is 0 Å². The quantitative estimate of drug-likeness (QED) is 0.618. The lowest BCUT2D eigenvalue weighted by Crippen LogP contribution is -2.59. The van der Waals surface area contributed by atoms with Crippen LogP contribution in [0.5, 0.6) is 0 Å². The molecule has 2 N–H and O–H groups in total. The molecule has 1 atom stereocenters. The molecule has 2 rings (SSSR count). The highest BCUT2D eigenvalue weighted by molar-refractivity contribution is 5.76. The molecule has 0 bridgehead atoms. The number of hydrogen-bond acceptors (Lipinski definition) is 3. The fraction of sp³-hybridized carbons (Fsp3) is 0.750. The third-order valence-corrected chi connectivity index (χ3v) is 2.98. The van der Waals surface area contributed by atoms with Gasteiger partial charge in [-0.1, -0.05) is 0 Å². The summed E-state index contributed by atoms with van der Waals surface area (Å²) in [4.78, 5) is 21.4. The Morgan fingerprint density at radius 3 is 2.69 bits per heavy atom.